The third kappa shape index (κ3) is 4.27. The van der Waals surface area contributed by atoms with Gasteiger partial charge in [-0.1, -0.05) is 19.3 Å². The summed E-state index contributed by atoms with van der Waals surface area (Å²) in [7, 11) is -3.49. The molecule has 1 saturated heterocycles. The van der Waals surface area contributed by atoms with Gasteiger partial charge in [0.1, 0.15) is 0 Å². The summed E-state index contributed by atoms with van der Waals surface area (Å²) in [6, 6.07) is 6.30. The van der Waals surface area contributed by atoms with Gasteiger partial charge in [0.25, 0.3) is 0 Å². The second kappa shape index (κ2) is 7.53. The van der Waals surface area contributed by atoms with E-state index < -0.39 is 10.0 Å². The maximum atomic E-state index is 12.4. The standard InChI is InChI=1S/C17H25N3O3S/c21-17(20-12-4-5-13-20)18-14-8-10-16(11-9-14)24(22,23)19-15-6-2-1-3-7-15/h8-11,15,19H,1-7,12-13H2,(H,18,21). The summed E-state index contributed by atoms with van der Waals surface area (Å²) in [6.45, 7) is 1.56. The highest BCUT2D eigenvalue weighted by Crippen LogP contribution is 2.21. The fourth-order valence-electron chi connectivity index (χ4n) is 3.35. The molecule has 1 heterocycles. The number of hydrogen-bond acceptors (Lipinski definition) is 3. The van der Waals surface area contributed by atoms with Crippen molar-refractivity contribution in [1.29, 1.82) is 0 Å². The molecule has 24 heavy (non-hydrogen) atoms. The molecule has 2 N–H and O–H groups in total. The molecule has 1 aliphatic carbocycles. The smallest absolute Gasteiger partial charge is 0.321 e. The van der Waals surface area contributed by atoms with Crippen molar-refractivity contribution in [3.8, 4) is 0 Å². The van der Waals surface area contributed by atoms with E-state index in [-0.39, 0.29) is 17.0 Å². The van der Waals surface area contributed by atoms with E-state index in [1.54, 1.807) is 29.2 Å². The number of nitrogens with one attached hydrogen (secondary N) is 2. The topological polar surface area (TPSA) is 78.5 Å². The van der Waals surface area contributed by atoms with Gasteiger partial charge < -0.3 is 10.2 Å². The second-order valence-corrected chi connectivity index (χ2v) is 8.32. The van der Waals surface area contributed by atoms with E-state index >= 15 is 0 Å². The molecule has 1 aliphatic heterocycles. The largest absolute Gasteiger partial charge is 0.325 e. The lowest BCUT2D eigenvalue weighted by Gasteiger charge is -2.22. The van der Waals surface area contributed by atoms with Gasteiger partial charge in [0.05, 0.1) is 4.90 Å². The fourth-order valence-corrected chi connectivity index (χ4v) is 4.65. The Labute approximate surface area is 143 Å². The molecule has 132 valence electrons. The van der Waals surface area contributed by atoms with Gasteiger partial charge in [-0.3, -0.25) is 0 Å². The number of sulfonamides is 1. The molecule has 0 aromatic heterocycles. The lowest BCUT2D eigenvalue weighted by Crippen LogP contribution is -2.36. The molecule has 6 nitrogen and oxygen atoms in total. The molecule has 0 bridgehead atoms. The van der Waals surface area contributed by atoms with Crippen LogP contribution in [-0.4, -0.2) is 38.5 Å². The highest BCUT2D eigenvalue weighted by atomic mass is 32.2. The molecule has 0 unspecified atom stereocenters. The molecular weight excluding hydrogens is 326 g/mol. The number of carbonyl (C=O) groups excluding carboxylic acids is 1. The van der Waals surface area contributed by atoms with E-state index in [2.05, 4.69) is 10.0 Å². The molecule has 2 aliphatic rings. The lowest BCUT2D eigenvalue weighted by molar-refractivity contribution is 0.222. The zero-order valence-corrected chi connectivity index (χ0v) is 14.6. The number of rotatable bonds is 4. The Morgan fingerprint density at radius 3 is 2.21 bits per heavy atom. The van der Waals surface area contributed by atoms with Gasteiger partial charge >= 0.3 is 6.03 Å². The third-order valence-electron chi connectivity index (χ3n) is 4.74. The monoisotopic (exact) mass is 351 g/mol. The SMILES string of the molecule is O=C(Nc1ccc(S(=O)(=O)NC2CCCCC2)cc1)N1CCCC1. The van der Waals surface area contributed by atoms with Gasteiger partial charge in [0.2, 0.25) is 10.0 Å². The molecule has 1 aromatic carbocycles. The maximum absolute atomic E-state index is 12.4. The zero-order valence-electron chi connectivity index (χ0n) is 13.8. The van der Waals surface area contributed by atoms with Crippen LogP contribution >= 0.6 is 0 Å². The molecule has 7 heteroatoms. The van der Waals surface area contributed by atoms with Crippen molar-refractivity contribution in [3.63, 3.8) is 0 Å². The van der Waals surface area contributed by atoms with Crippen molar-refractivity contribution < 1.29 is 13.2 Å². The molecule has 0 spiro atoms. The van der Waals surface area contributed by atoms with Crippen LogP contribution in [0.1, 0.15) is 44.9 Å². The molecule has 0 atom stereocenters. The molecular formula is C17H25N3O3S. The first-order chi connectivity index (χ1) is 11.5. The summed E-state index contributed by atoms with van der Waals surface area (Å²) >= 11 is 0. The highest BCUT2D eigenvalue weighted by Gasteiger charge is 2.22. The quantitative estimate of drug-likeness (QED) is 0.875. The Morgan fingerprint density at radius 1 is 0.958 bits per heavy atom. The summed E-state index contributed by atoms with van der Waals surface area (Å²) in [5.74, 6) is 0. The summed E-state index contributed by atoms with van der Waals surface area (Å²) in [5.41, 5.74) is 0.614. The number of urea groups is 1. The third-order valence-corrected chi connectivity index (χ3v) is 6.27. The van der Waals surface area contributed by atoms with Crippen LogP contribution in [-0.2, 0) is 10.0 Å². The lowest BCUT2D eigenvalue weighted by atomic mass is 9.96. The number of benzene rings is 1. The van der Waals surface area contributed by atoms with Crippen molar-refractivity contribution in [2.75, 3.05) is 18.4 Å². The first-order valence-corrected chi connectivity index (χ1v) is 10.2. The number of nitrogens with zero attached hydrogens (tertiary/aromatic N) is 1. The van der Waals surface area contributed by atoms with Crippen molar-refractivity contribution >= 4 is 21.7 Å². The van der Waals surface area contributed by atoms with Crippen LogP contribution in [0.4, 0.5) is 10.5 Å². The maximum Gasteiger partial charge on any atom is 0.321 e. The highest BCUT2D eigenvalue weighted by molar-refractivity contribution is 7.89. The van der Waals surface area contributed by atoms with E-state index in [0.29, 0.717) is 5.69 Å². The minimum Gasteiger partial charge on any atom is -0.325 e. The minimum absolute atomic E-state index is 0.0401. The van der Waals surface area contributed by atoms with Crippen molar-refractivity contribution in [1.82, 2.24) is 9.62 Å². The van der Waals surface area contributed by atoms with Crippen molar-refractivity contribution in [2.24, 2.45) is 0 Å². The van der Waals surface area contributed by atoms with E-state index in [1.807, 2.05) is 0 Å². The molecule has 2 fully saturated rings. The van der Waals surface area contributed by atoms with Crippen molar-refractivity contribution in [3.05, 3.63) is 24.3 Å². The first-order valence-electron chi connectivity index (χ1n) is 8.73. The average Bonchev–Trinajstić information content (AvgIpc) is 3.10. The second-order valence-electron chi connectivity index (χ2n) is 6.60. The number of amides is 2. The van der Waals surface area contributed by atoms with Crippen LogP contribution in [0.25, 0.3) is 0 Å². The summed E-state index contributed by atoms with van der Waals surface area (Å²) in [5, 5.41) is 2.82. The number of anilines is 1. The van der Waals surface area contributed by atoms with E-state index in [4.69, 9.17) is 0 Å². The molecule has 2 amide bonds. The van der Waals surface area contributed by atoms with Crippen LogP contribution in [0.3, 0.4) is 0 Å². The van der Waals surface area contributed by atoms with Gasteiger partial charge in [-0.2, -0.15) is 0 Å². The normalized spacial score (nSPS) is 19.4. The Hall–Kier alpha value is -1.60. The Morgan fingerprint density at radius 2 is 1.58 bits per heavy atom. The van der Waals surface area contributed by atoms with E-state index in [9.17, 15) is 13.2 Å². The van der Waals surface area contributed by atoms with Crippen LogP contribution in [0, 0.1) is 0 Å². The van der Waals surface area contributed by atoms with Crippen molar-refractivity contribution in [2.45, 2.75) is 55.9 Å². The minimum atomic E-state index is -3.49. The number of carbonyl (C=O) groups is 1. The van der Waals surface area contributed by atoms with Crippen LogP contribution < -0.4 is 10.0 Å². The van der Waals surface area contributed by atoms with Gasteiger partial charge in [-0.15, -0.1) is 0 Å². The summed E-state index contributed by atoms with van der Waals surface area (Å²) < 4.78 is 27.7. The van der Waals surface area contributed by atoms with Crippen LogP contribution in [0.2, 0.25) is 0 Å². The predicted octanol–water partition coefficient (Wildman–Crippen LogP) is 2.93. The zero-order chi connectivity index (χ0) is 17.0. The Kier molecular flexibility index (Phi) is 5.40. The summed E-state index contributed by atoms with van der Waals surface area (Å²) in [4.78, 5) is 14.1. The molecule has 0 radical (unpaired) electrons. The van der Waals surface area contributed by atoms with Crippen LogP contribution in [0.5, 0.6) is 0 Å². The number of hydrogen-bond donors (Lipinski definition) is 2. The van der Waals surface area contributed by atoms with Gasteiger partial charge in [0.15, 0.2) is 0 Å². The molecule has 1 aromatic rings. The molecule has 1 saturated carbocycles. The number of likely N-dealkylation sites (tertiary alicyclic amines) is 1. The first kappa shape index (κ1) is 17.2. The van der Waals surface area contributed by atoms with Gasteiger partial charge in [0, 0.05) is 24.8 Å². The van der Waals surface area contributed by atoms with E-state index in [1.165, 1.54) is 6.42 Å². The Balaban J connectivity index is 1.61. The van der Waals surface area contributed by atoms with Crippen LogP contribution in [0.15, 0.2) is 29.2 Å². The summed E-state index contributed by atoms with van der Waals surface area (Å²) in [6.07, 6.45) is 7.23. The Bertz CT molecular complexity index is 661. The van der Waals surface area contributed by atoms with Gasteiger partial charge in [-0.05, 0) is 49.9 Å². The van der Waals surface area contributed by atoms with E-state index in [0.717, 1.165) is 51.6 Å². The fraction of sp³-hybridized carbons (Fsp3) is 0.588. The van der Waals surface area contributed by atoms with Gasteiger partial charge in [-0.25, -0.2) is 17.9 Å². The predicted molar refractivity (Wildman–Crippen MR) is 93.5 cm³/mol. The molecule has 3 rings (SSSR count). The average molecular weight is 351 g/mol.